The topological polar surface area (TPSA) is 80.7 Å². The van der Waals surface area contributed by atoms with Crippen LogP contribution in [0.4, 0.5) is 5.69 Å². The zero-order valence-corrected chi connectivity index (χ0v) is 14.4. The van der Waals surface area contributed by atoms with Crippen molar-refractivity contribution in [3.05, 3.63) is 66.5 Å². The van der Waals surface area contributed by atoms with Gasteiger partial charge >= 0.3 is 0 Å². The molecule has 0 spiro atoms. The number of carbonyl (C=O) groups excluding carboxylic acids is 1. The molecule has 3 rings (SSSR count). The second kappa shape index (κ2) is 8.71. The third-order valence-electron chi connectivity index (χ3n) is 3.86. The second-order valence-electron chi connectivity index (χ2n) is 5.53. The first-order valence-electron chi connectivity index (χ1n) is 7.88. The molecule has 6 nitrogen and oxygen atoms in total. The summed E-state index contributed by atoms with van der Waals surface area (Å²) in [5, 5.41) is 12.2. The zero-order valence-electron chi connectivity index (χ0n) is 14.4. The molecule has 0 unspecified atom stereocenters. The summed E-state index contributed by atoms with van der Waals surface area (Å²) in [6, 6.07) is 13.6. The van der Waals surface area contributed by atoms with Gasteiger partial charge in [-0.05, 0) is 35.9 Å². The van der Waals surface area contributed by atoms with Crippen LogP contribution in [0.15, 0.2) is 60.9 Å². The van der Waals surface area contributed by atoms with Crippen LogP contribution in [-0.4, -0.2) is 30.2 Å². The second-order valence-corrected chi connectivity index (χ2v) is 5.53. The van der Waals surface area contributed by atoms with Crippen LogP contribution in [-0.2, 0) is 0 Å². The Morgan fingerprint density at radius 1 is 0.963 bits per heavy atom. The molecule has 0 saturated carbocycles. The van der Waals surface area contributed by atoms with Gasteiger partial charge in [-0.25, -0.2) is 0 Å². The molecule has 1 aromatic heterocycles. The fourth-order valence-corrected chi connectivity index (χ4v) is 2.47. The van der Waals surface area contributed by atoms with Crippen molar-refractivity contribution in [3.8, 4) is 28.4 Å². The van der Waals surface area contributed by atoms with E-state index in [0.29, 0.717) is 22.7 Å². The highest BCUT2D eigenvalue weighted by molar-refractivity contribution is 6.05. The number of methoxy groups -OCH3 is 2. The molecule has 1 amide bonds. The molecule has 3 aromatic rings. The Hall–Kier alpha value is -3.54. The van der Waals surface area contributed by atoms with Gasteiger partial charge in [-0.1, -0.05) is 19.6 Å². The predicted molar refractivity (Wildman–Crippen MR) is 106 cm³/mol. The Balaban J connectivity index is 0.00000261. The van der Waals surface area contributed by atoms with E-state index in [1.54, 1.807) is 61.8 Å². The number of nitrogens with zero attached hydrogens (tertiary/aromatic N) is 1. The molecular weight excluding hydrogens is 344 g/mol. The highest BCUT2D eigenvalue weighted by Crippen LogP contribution is 2.29. The Morgan fingerprint density at radius 3 is 2.37 bits per heavy atom. The molecule has 0 bridgehead atoms. The van der Waals surface area contributed by atoms with E-state index in [9.17, 15) is 9.90 Å². The molecule has 1 heterocycles. The maximum Gasteiger partial charge on any atom is 0.257 e. The fraction of sp³-hybridized carbons (Fsp3) is 0.143. The van der Waals surface area contributed by atoms with Crippen molar-refractivity contribution in [2.45, 2.75) is 7.43 Å². The number of anilines is 1. The SMILES string of the molecule is C.COc1ccc(NC(=O)c2cncc(-c3ccc(O)cc3)c2)c(OC)c1. The van der Waals surface area contributed by atoms with Crippen molar-refractivity contribution >= 4 is 11.6 Å². The number of amides is 1. The summed E-state index contributed by atoms with van der Waals surface area (Å²) in [4.78, 5) is 16.7. The maximum atomic E-state index is 12.6. The summed E-state index contributed by atoms with van der Waals surface area (Å²) in [7, 11) is 3.09. The van der Waals surface area contributed by atoms with E-state index in [4.69, 9.17) is 9.47 Å². The summed E-state index contributed by atoms with van der Waals surface area (Å²) < 4.78 is 10.4. The van der Waals surface area contributed by atoms with E-state index in [0.717, 1.165) is 11.1 Å². The maximum absolute atomic E-state index is 12.6. The predicted octanol–water partition coefficient (Wildman–Crippen LogP) is 4.36. The lowest BCUT2D eigenvalue weighted by Crippen LogP contribution is -2.13. The van der Waals surface area contributed by atoms with Crippen molar-refractivity contribution in [1.82, 2.24) is 4.98 Å². The smallest absolute Gasteiger partial charge is 0.257 e. The number of rotatable bonds is 5. The third kappa shape index (κ3) is 4.55. The van der Waals surface area contributed by atoms with Crippen LogP contribution in [0.25, 0.3) is 11.1 Å². The van der Waals surface area contributed by atoms with Crippen LogP contribution in [0.5, 0.6) is 17.2 Å². The van der Waals surface area contributed by atoms with Crippen LogP contribution >= 0.6 is 0 Å². The lowest BCUT2D eigenvalue weighted by molar-refractivity contribution is 0.102. The first kappa shape index (κ1) is 19.8. The van der Waals surface area contributed by atoms with Crippen molar-refractivity contribution in [2.75, 3.05) is 19.5 Å². The summed E-state index contributed by atoms with van der Waals surface area (Å²) in [5.41, 5.74) is 2.58. The molecule has 0 aliphatic heterocycles. The molecule has 0 atom stereocenters. The Bertz CT molecular complexity index is 924. The van der Waals surface area contributed by atoms with Gasteiger partial charge in [0.25, 0.3) is 5.91 Å². The average molecular weight is 366 g/mol. The lowest BCUT2D eigenvalue weighted by Gasteiger charge is -2.12. The first-order chi connectivity index (χ1) is 12.6. The highest BCUT2D eigenvalue weighted by Gasteiger charge is 2.12. The minimum Gasteiger partial charge on any atom is -0.508 e. The Morgan fingerprint density at radius 2 is 1.70 bits per heavy atom. The molecular formula is C21H22N2O4. The van der Waals surface area contributed by atoms with Crippen LogP contribution in [0.1, 0.15) is 17.8 Å². The van der Waals surface area contributed by atoms with Crippen molar-refractivity contribution in [1.29, 1.82) is 0 Å². The van der Waals surface area contributed by atoms with E-state index in [1.807, 2.05) is 0 Å². The van der Waals surface area contributed by atoms with E-state index in [2.05, 4.69) is 10.3 Å². The number of nitrogens with one attached hydrogen (secondary N) is 1. The van der Waals surface area contributed by atoms with Gasteiger partial charge in [0.1, 0.15) is 17.2 Å². The molecule has 140 valence electrons. The molecule has 0 fully saturated rings. The average Bonchev–Trinajstić information content (AvgIpc) is 2.69. The van der Waals surface area contributed by atoms with Gasteiger partial charge in [-0.3, -0.25) is 9.78 Å². The normalized spacial score (nSPS) is 9.85. The number of phenols is 1. The van der Waals surface area contributed by atoms with Crippen LogP contribution in [0.3, 0.4) is 0 Å². The van der Waals surface area contributed by atoms with Crippen LogP contribution < -0.4 is 14.8 Å². The van der Waals surface area contributed by atoms with Gasteiger partial charge in [0, 0.05) is 24.0 Å². The van der Waals surface area contributed by atoms with E-state index >= 15 is 0 Å². The summed E-state index contributed by atoms with van der Waals surface area (Å²) in [5.74, 6) is 1.01. The minimum atomic E-state index is -0.304. The molecule has 0 aliphatic carbocycles. The van der Waals surface area contributed by atoms with Crippen molar-refractivity contribution in [2.24, 2.45) is 0 Å². The molecule has 27 heavy (non-hydrogen) atoms. The van der Waals surface area contributed by atoms with Gasteiger partial charge in [0.2, 0.25) is 0 Å². The highest BCUT2D eigenvalue weighted by atomic mass is 16.5. The van der Waals surface area contributed by atoms with Gasteiger partial charge in [0.15, 0.2) is 0 Å². The zero-order chi connectivity index (χ0) is 18.5. The summed E-state index contributed by atoms with van der Waals surface area (Å²) >= 11 is 0. The van der Waals surface area contributed by atoms with Gasteiger partial charge in [-0.15, -0.1) is 0 Å². The number of carbonyl (C=O) groups is 1. The molecule has 2 aromatic carbocycles. The molecule has 0 aliphatic rings. The quantitative estimate of drug-likeness (QED) is 0.701. The number of ether oxygens (including phenoxy) is 2. The number of aromatic hydroxyl groups is 1. The third-order valence-corrected chi connectivity index (χ3v) is 3.86. The van der Waals surface area contributed by atoms with Crippen LogP contribution in [0.2, 0.25) is 0 Å². The lowest BCUT2D eigenvalue weighted by atomic mass is 10.1. The summed E-state index contributed by atoms with van der Waals surface area (Å²) in [6.07, 6.45) is 3.16. The largest absolute Gasteiger partial charge is 0.508 e. The first-order valence-corrected chi connectivity index (χ1v) is 7.88. The summed E-state index contributed by atoms with van der Waals surface area (Å²) in [6.45, 7) is 0. The Kier molecular flexibility index (Phi) is 6.38. The van der Waals surface area contributed by atoms with Crippen molar-refractivity contribution < 1.29 is 19.4 Å². The number of aromatic nitrogens is 1. The minimum absolute atomic E-state index is 0. The number of benzene rings is 2. The fourth-order valence-electron chi connectivity index (χ4n) is 2.47. The monoisotopic (exact) mass is 366 g/mol. The van der Waals surface area contributed by atoms with Gasteiger partial charge in [-0.2, -0.15) is 0 Å². The van der Waals surface area contributed by atoms with Crippen LogP contribution in [0, 0.1) is 0 Å². The van der Waals surface area contributed by atoms with Crippen molar-refractivity contribution in [3.63, 3.8) is 0 Å². The number of hydrogen-bond acceptors (Lipinski definition) is 5. The molecule has 0 saturated heterocycles. The standard InChI is InChI=1S/C20H18N2O4.CH4/c1-25-17-7-8-18(19(10-17)26-2)22-20(24)15-9-14(11-21-12-15)13-3-5-16(23)6-4-13;/h3-12,23H,1-2H3,(H,22,24);1H4. The van der Waals surface area contributed by atoms with Gasteiger partial charge < -0.3 is 19.9 Å². The molecule has 2 N–H and O–H groups in total. The number of phenolic OH excluding ortho intramolecular Hbond substituents is 1. The molecule has 6 heteroatoms. The number of pyridine rings is 1. The van der Waals surface area contributed by atoms with E-state index < -0.39 is 0 Å². The van der Waals surface area contributed by atoms with Gasteiger partial charge in [0.05, 0.1) is 25.5 Å². The Labute approximate surface area is 158 Å². The number of hydrogen-bond donors (Lipinski definition) is 2. The van der Waals surface area contributed by atoms with E-state index in [-0.39, 0.29) is 19.1 Å². The van der Waals surface area contributed by atoms with E-state index in [1.165, 1.54) is 13.3 Å². The molecule has 0 radical (unpaired) electrons.